The maximum atomic E-state index is 15.6. The lowest BCUT2D eigenvalue weighted by Gasteiger charge is -2.40. The summed E-state index contributed by atoms with van der Waals surface area (Å²) >= 11 is 0. The van der Waals surface area contributed by atoms with E-state index in [1.807, 2.05) is 0 Å². The van der Waals surface area contributed by atoms with Crippen LogP contribution in [0.2, 0.25) is 0 Å². The minimum absolute atomic E-state index is 0.0550. The molecule has 1 saturated heterocycles. The number of amides is 1. The smallest absolute Gasteiger partial charge is 0.394 e. The molecule has 2 aromatic carbocycles. The Morgan fingerprint density at radius 3 is 2.50 bits per heavy atom. The molecule has 17 heteroatoms. The summed E-state index contributed by atoms with van der Waals surface area (Å²) in [5, 5.41) is 2.50. The molecule has 0 aliphatic carbocycles. The molecule has 0 spiro atoms. The molecule has 2 aromatic heterocycles. The second-order valence-corrected chi connectivity index (χ2v) is 12.4. The van der Waals surface area contributed by atoms with Gasteiger partial charge < -0.3 is 24.4 Å². The van der Waals surface area contributed by atoms with Gasteiger partial charge in [0.15, 0.2) is 5.75 Å². The molecule has 1 amide bonds. The molecule has 0 saturated carbocycles. The van der Waals surface area contributed by atoms with Crippen molar-refractivity contribution in [3.8, 4) is 11.4 Å². The lowest BCUT2D eigenvalue weighted by atomic mass is 10.0. The molecule has 0 bridgehead atoms. The molecule has 4 aromatic rings. The number of fused-ring (bicyclic) bond motifs is 1. The fraction of sp³-hybridized carbons (Fsp3) is 0.400. The molecular weight excluding hydrogens is 697 g/mol. The van der Waals surface area contributed by atoms with Crippen LogP contribution in [0.3, 0.4) is 0 Å². The molecule has 278 valence electrons. The van der Waals surface area contributed by atoms with Crippen molar-refractivity contribution < 1.29 is 45.8 Å². The number of esters is 1. The number of rotatable bonds is 11. The molecule has 52 heavy (non-hydrogen) atoms. The highest BCUT2D eigenvalue weighted by Gasteiger charge is 2.41. The summed E-state index contributed by atoms with van der Waals surface area (Å²) in [5.74, 6) is -6.78. The van der Waals surface area contributed by atoms with Crippen LogP contribution in [-0.4, -0.2) is 76.5 Å². The minimum atomic E-state index is -3.78. The largest absolute Gasteiger partial charge is 0.464 e. The van der Waals surface area contributed by atoms with E-state index in [2.05, 4.69) is 10.3 Å². The molecule has 1 fully saturated rings. The van der Waals surface area contributed by atoms with E-state index in [1.54, 1.807) is 0 Å². The highest BCUT2D eigenvalue weighted by Crippen LogP contribution is 2.33. The Morgan fingerprint density at radius 2 is 1.85 bits per heavy atom. The molecule has 3 heterocycles. The Kier molecular flexibility index (Phi) is 10.7. The summed E-state index contributed by atoms with van der Waals surface area (Å²) in [4.78, 5) is 58.5. The number of hydrogen-bond donors (Lipinski definition) is 1. The predicted octanol–water partition coefficient (Wildman–Crippen LogP) is 4.29. The van der Waals surface area contributed by atoms with Gasteiger partial charge in [0, 0.05) is 45.7 Å². The van der Waals surface area contributed by atoms with Crippen LogP contribution in [0.4, 0.5) is 27.6 Å². The van der Waals surface area contributed by atoms with E-state index >= 15 is 4.39 Å². The Bertz CT molecular complexity index is 2100. The SMILES string of the molecule is CCOC(=O)[C@H](Cc1ccc(-n2c(=O)c3ccncc3n(C)c2=O)c(OC(C)(F)F)c1)NC(=O)c1c(C)cc(N2CCOC[C@@H]2C(C)(F)F)cc1F. The first-order valence-electron chi connectivity index (χ1n) is 16.2. The summed E-state index contributed by atoms with van der Waals surface area (Å²) in [6.07, 6.45) is -1.53. The van der Waals surface area contributed by atoms with Crippen LogP contribution in [0, 0.1) is 12.7 Å². The lowest BCUT2D eigenvalue weighted by molar-refractivity contribution is -0.159. The van der Waals surface area contributed by atoms with E-state index in [0.717, 1.165) is 23.6 Å². The monoisotopic (exact) mass is 733 g/mol. The van der Waals surface area contributed by atoms with Crippen molar-refractivity contribution in [1.82, 2.24) is 19.4 Å². The van der Waals surface area contributed by atoms with Crippen LogP contribution >= 0.6 is 0 Å². The summed E-state index contributed by atoms with van der Waals surface area (Å²) in [6.45, 7) is 3.90. The predicted molar refractivity (Wildman–Crippen MR) is 179 cm³/mol. The van der Waals surface area contributed by atoms with Crippen LogP contribution in [0.15, 0.2) is 58.4 Å². The molecule has 5 rings (SSSR count). The number of carbonyl (C=O) groups is 2. The van der Waals surface area contributed by atoms with Gasteiger partial charge in [-0.1, -0.05) is 6.07 Å². The Hall–Kier alpha value is -5.32. The van der Waals surface area contributed by atoms with Crippen molar-refractivity contribution in [3.63, 3.8) is 0 Å². The number of alkyl halides is 4. The van der Waals surface area contributed by atoms with Crippen LogP contribution in [0.1, 0.15) is 42.3 Å². The maximum Gasteiger partial charge on any atom is 0.394 e. The molecule has 1 N–H and O–H groups in total. The Balaban J connectivity index is 1.49. The van der Waals surface area contributed by atoms with Crippen molar-refractivity contribution in [2.24, 2.45) is 7.05 Å². The van der Waals surface area contributed by atoms with E-state index < -0.39 is 64.4 Å². The third-order valence-corrected chi connectivity index (χ3v) is 8.49. The second-order valence-electron chi connectivity index (χ2n) is 12.4. The van der Waals surface area contributed by atoms with E-state index in [-0.39, 0.29) is 66.2 Å². The minimum Gasteiger partial charge on any atom is -0.464 e. The zero-order chi connectivity index (χ0) is 38.1. The Labute approximate surface area is 293 Å². The number of halogens is 5. The van der Waals surface area contributed by atoms with E-state index in [1.165, 1.54) is 62.5 Å². The fourth-order valence-electron chi connectivity index (χ4n) is 6.07. The van der Waals surface area contributed by atoms with Crippen LogP contribution in [0.5, 0.6) is 5.75 Å². The van der Waals surface area contributed by atoms with Crippen LogP contribution in [-0.2, 0) is 27.7 Å². The summed E-state index contributed by atoms with van der Waals surface area (Å²) in [7, 11) is 1.37. The number of aromatic nitrogens is 3. The molecule has 1 aliphatic heterocycles. The number of hydrogen-bond acceptors (Lipinski definition) is 9. The first-order chi connectivity index (χ1) is 24.4. The van der Waals surface area contributed by atoms with E-state index in [4.69, 9.17) is 14.2 Å². The van der Waals surface area contributed by atoms with Gasteiger partial charge in [-0.05, 0) is 55.3 Å². The molecule has 0 unspecified atom stereocenters. The highest BCUT2D eigenvalue weighted by atomic mass is 19.3. The third kappa shape index (κ3) is 7.93. The summed E-state index contributed by atoms with van der Waals surface area (Å²) < 4.78 is 89.9. The average Bonchev–Trinajstić information content (AvgIpc) is 3.06. The van der Waals surface area contributed by atoms with Gasteiger partial charge in [0.05, 0.1) is 48.2 Å². The zero-order valence-corrected chi connectivity index (χ0v) is 28.8. The van der Waals surface area contributed by atoms with Gasteiger partial charge in [-0.25, -0.2) is 27.3 Å². The molecule has 2 atom stereocenters. The second kappa shape index (κ2) is 14.7. The summed E-state index contributed by atoms with van der Waals surface area (Å²) in [6, 6.07) is 4.43. The number of aryl methyl sites for hydroxylation is 2. The van der Waals surface area contributed by atoms with Crippen molar-refractivity contribution >= 4 is 28.5 Å². The van der Waals surface area contributed by atoms with Gasteiger partial charge in [-0.3, -0.25) is 19.1 Å². The third-order valence-electron chi connectivity index (χ3n) is 8.49. The lowest BCUT2D eigenvalue weighted by Crippen LogP contribution is -2.54. The molecule has 1 aliphatic rings. The number of morpholine rings is 1. The number of carbonyl (C=O) groups excluding carboxylic acids is 2. The van der Waals surface area contributed by atoms with Crippen molar-refractivity contribution in [2.75, 3.05) is 31.3 Å². The summed E-state index contributed by atoms with van der Waals surface area (Å²) in [5.41, 5.74) is -1.96. The van der Waals surface area contributed by atoms with Gasteiger partial charge in [-0.15, -0.1) is 0 Å². The fourth-order valence-corrected chi connectivity index (χ4v) is 6.07. The van der Waals surface area contributed by atoms with Crippen LogP contribution in [0.25, 0.3) is 16.6 Å². The zero-order valence-electron chi connectivity index (χ0n) is 28.8. The van der Waals surface area contributed by atoms with Crippen LogP contribution < -0.4 is 26.2 Å². The van der Waals surface area contributed by atoms with Gasteiger partial charge in [-0.2, -0.15) is 8.78 Å². The van der Waals surface area contributed by atoms with Gasteiger partial charge in [0.2, 0.25) is 0 Å². The normalized spacial score (nSPS) is 15.7. The number of benzene rings is 2. The quantitative estimate of drug-likeness (QED) is 0.177. The first kappa shape index (κ1) is 37.9. The van der Waals surface area contributed by atoms with E-state index in [0.29, 0.717) is 11.5 Å². The maximum absolute atomic E-state index is 15.6. The number of ether oxygens (including phenoxy) is 3. The van der Waals surface area contributed by atoms with Gasteiger partial charge in [0.25, 0.3) is 17.4 Å². The first-order valence-corrected chi connectivity index (χ1v) is 16.2. The molecule has 0 radical (unpaired) electrons. The van der Waals surface area contributed by atoms with Crippen molar-refractivity contribution in [2.45, 2.75) is 58.2 Å². The highest BCUT2D eigenvalue weighted by molar-refractivity contribution is 5.98. The van der Waals surface area contributed by atoms with Crippen molar-refractivity contribution in [1.29, 1.82) is 0 Å². The topological polar surface area (TPSA) is 134 Å². The Morgan fingerprint density at radius 1 is 1.12 bits per heavy atom. The number of anilines is 1. The molecule has 12 nitrogen and oxygen atoms in total. The number of nitrogens with zero attached hydrogens (tertiary/aromatic N) is 4. The number of pyridine rings is 1. The standard InChI is InChI=1S/C35H36F5N5O7/c1-6-51-32(48)24(42-30(46)29-19(2)13-21(16-23(29)36)44-11-12-50-18-28(44)34(3,37)38)14-20-7-8-25(27(15-20)52-35(4,39)40)45-31(47)22-9-10-41-17-26(22)43(5)33(45)49/h7-10,13,15-17,24,28H,6,11-12,14,18H2,1-5H3,(H,42,46)/t24-,28+/m0/s1. The van der Waals surface area contributed by atoms with Gasteiger partial charge in [0.1, 0.15) is 17.9 Å². The number of nitrogens with one attached hydrogen (secondary N) is 1. The van der Waals surface area contributed by atoms with Crippen molar-refractivity contribution in [3.05, 3.63) is 92.1 Å². The molecular formula is C35H36F5N5O7. The average molecular weight is 734 g/mol. The van der Waals surface area contributed by atoms with E-state index in [9.17, 15) is 36.7 Å². The van der Waals surface area contributed by atoms with Gasteiger partial charge >= 0.3 is 17.8 Å².